The van der Waals surface area contributed by atoms with E-state index < -0.39 is 9.89 Å². The zero-order valence-electron chi connectivity index (χ0n) is 19.0. The minimum atomic E-state index is -3.06. The molecule has 3 aromatic rings. The Hall–Kier alpha value is -2.82. The Balaban J connectivity index is 1.50. The van der Waals surface area contributed by atoms with Gasteiger partial charge in [0.15, 0.2) is 5.65 Å². The second-order valence-corrected chi connectivity index (χ2v) is 11.1. The number of aromatic nitrogens is 3. The van der Waals surface area contributed by atoms with Crippen LogP contribution in [0.5, 0.6) is 0 Å². The van der Waals surface area contributed by atoms with Crippen molar-refractivity contribution in [3.8, 4) is 0 Å². The molecule has 2 saturated heterocycles. The fourth-order valence-electron chi connectivity index (χ4n) is 4.64. The zero-order chi connectivity index (χ0) is 24.0. The van der Waals surface area contributed by atoms with Gasteiger partial charge in [-0.1, -0.05) is 11.6 Å². The Morgan fingerprint density at radius 1 is 1.24 bits per heavy atom. The minimum absolute atomic E-state index is 0.204. The largest absolute Gasteiger partial charge is 0.356 e. The van der Waals surface area contributed by atoms with Gasteiger partial charge in [0.1, 0.15) is 15.7 Å². The summed E-state index contributed by atoms with van der Waals surface area (Å²) in [5.41, 5.74) is 3.29. The smallest absolute Gasteiger partial charge is 0.256 e. The van der Waals surface area contributed by atoms with Crippen molar-refractivity contribution in [3.63, 3.8) is 0 Å². The average molecular weight is 502 g/mol. The number of piperidine rings is 1. The number of nitrogens with one attached hydrogen (secondary N) is 1. The van der Waals surface area contributed by atoms with Gasteiger partial charge in [0.2, 0.25) is 0 Å². The van der Waals surface area contributed by atoms with Crippen molar-refractivity contribution in [2.45, 2.75) is 38.6 Å². The number of rotatable bonds is 5. The summed E-state index contributed by atoms with van der Waals surface area (Å²) >= 11 is 6.21. The molecule has 0 spiro atoms. The highest BCUT2D eigenvalue weighted by Crippen LogP contribution is 2.34. The van der Waals surface area contributed by atoms with E-state index >= 15 is 0 Å². The number of nitrogens with zero attached hydrogens (tertiary/aromatic N) is 5. The van der Waals surface area contributed by atoms with Gasteiger partial charge >= 0.3 is 0 Å². The molecule has 0 aliphatic carbocycles. The standard InChI is InChI=1S/C23H28ClN7O2S/c1-15-14-31-21(26-22(15)29-9-5-10-29)13-19(27-31)20-6-3-4-11-30(20)23(32)17-12-16(24)7-8-18(17)28-34(2,25)33/h7-8,12-14,20H,2-6,9-11H2,1H3,(H3,25,28,33). The van der Waals surface area contributed by atoms with Crippen LogP contribution in [0.1, 0.15) is 53.3 Å². The maximum Gasteiger partial charge on any atom is 0.256 e. The number of amides is 1. The second-order valence-electron chi connectivity index (χ2n) is 8.99. The van der Waals surface area contributed by atoms with E-state index in [0.29, 0.717) is 22.8 Å². The summed E-state index contributed by atoms with van der Waals surface area (Å²) in [7, 11) is -3.06. The summed E-state index contributed by atoms with van der Waals surface area (Å²) in [6, 6.07) is 6.55. The fraction of sp³-hybridized carbons (Fsp3) is 0.391. The van der Waals surface area contributed by atoms with Gasteiger partial charge < -0.3 is 14.5 Å². The lowest BCUT2D eigenvalue weighted by Crippen LogP contribution is -2.39. The van der Waals surface area contributed by atoms with Gasteiger partial charge in [-0.2, -0.15) is 5.10 Å². The number of halogens is 1. The van der Waals surface area contributed by atoms with E-state index in [1.54, 1.807) is 22.7 Å². The summed E-state index contributed by atoms with van der Waals surface area (Å²) in [5, 5.41) is 10.8. The highest BCUT2D eigenvalue weighted by atomic mass is 35.5. The molecule has 2 aliphatic heterocycles. The highest BCUT2D eigenvalue weighted by Gasteiger charge is 2.32. The summed E-state index contributed by atoms with van der Waals surface area (Å²) in [6.45, 7) is 4.67. The first-order valence-corrected chi connectivity index (χ1v) is 13.5. The third-order valence-electron chi connectivity index (χ3n) is 6.38. The maximum atomic E-state index is 13.7. The van der Waals surface area contributed by atoms with Gasteiger partial charge in [0.25, 0.3) is 5.91 Å². The molecule has 3 N–H and O–H groups in total. The number of likely N-dealkylation sites (tertiary alicyclic amines) is 1. The van der Waals surface area contributed by atoms with Crippen molar-refractivity contribution in [1.29, 1.82) is 0 Å². The molecule has 1 amide bonds. The highest BCUT2D eigenvalue weighted by molar-refractivity contribution is 7.99. The molecule has 180 valence electrons. The second kappa shape index (κ2) is 8.75. The number of benzene rings is 1. The lowest BCUT2D eigenvalue weighted by Gasteiger charge is -2.35. The number of nitrogens with two attached hydrogens (primary N) is 1. The zero-order valence-corrected chi connectivity index (χ0v) is 20.6. The summed E-state index contributed by atoms with van der Waals surface area (Å²) in [6.07, 6.45) is 5.85. The van der Waals surface area contributed by atoms with E-state index in [4.69, 9.17) is 26.8 Å². The van der Waals surface area contributed by atoms with Crippen LogP contribution in [0.15, 0.2) is 30.5 Å². The molecule has 5 rings (SSSR count). The van der Waals surface area contributed by atoms with Crippen LogP contribution >= 0.6 is 11.6 Å². The predicted octanol–water partition coefficient (Wildman–Crippen LogP) is 3.19. The van der Waals surface area contributed by atoms with Crippen molar-refractivity contribution in [3.05, 3.63) is 52.3 Å². The van der Waals surface area contributed by atoms with E-state index in [2.05, 4.69) is 15.5 Å². The van der Waals surface area contributed by atoms with E-state index in [-0.39, 0.29) is 11.9 Å². The van der Waals surface area contributed by atoms with Crippen molar-refractivity contribution >= 4 is 50.4 Å². The molecule has 2 aromatic heterocycles. The van der Waals surface area contributed by atoms with Crippen molar-refractivity contribution in [2.24, 2.45) is 5.14 Å². The van der Waals surface area contributed by atoms with Crippen LogP contribution in [0, 0.1) is 6.92 Å². The molecule has 4 heterocycles. The Kier molecular flexibility index (Phi) is 5.91. The van der Waals surface area contributed by atoms with Crippen LogP contribution in [-0.4, -0.2) is 55.1 Å². The van der Waals surface area contributed by atoms with Gasteiger partial charge in [-0.15, -0.1) is 0 Å². The first-order valence-electron chi connectivity index (χ1n) is 11.3. The monoisotopic (exact) mass is 501 g/mol. The number of anilines is 2. The molecular formula is C23H28ClN7O2S. The van der Waals surface area contributed by atoms with Gasteiger partial charge in [-0.05, 0) is 56.7 Å². The molecule has 2 aliphatic rings. The first-order chi connectivity index (χ1) is 16.2. The van der Waals surface area contributed by atoms with E-state index in [9.17, 15) is 9.00 Å². The topological polar surface area (TPSA) is 109 Å². The van der Waals surface area contributed by atoms with E-state index in [0.717, 1.165) is 55.1 Å². The van der Waals surface area contributed by atoms with Crippen LogP contribution < -0.4 is 14.8 Å². The Morgan fingerprint density at radius 2 is 2.03 bits per heavy atom. The third kappa shape index (κ3) is 4.45. The minimum Gasteiger partial charge on any atom is -0.356 e. The van der Waals surface area contributed by atoms with E-state index in [1.165, 1.54) is 6.42 Å². The summed E-state index contributed by atoms with van der Waals surface area (Å²) < 4.78 is 16.5. The third-order valence-corrected chi connectivity index (χ3v) is 7.18. The normalized spacial score (nSPS) is 20.1. The SMILES string of the molecule is C=S(N)(=O)Nc1ccc(Cl)cc1C(=O)N1CCCCC1c1cc2nc(N3CCC3)c(C)cn2n1. The Morgan fingerprint density at radius 3 is 2.74 bits per heavy atom. The van der Waals surface area contributed by atoms with Crippen LogP contribution in [0.3, 0.4) is 0 Å². The Bertz CT molecular complexity index is 1370. The van der Waals surface area contributed by atoms with Gasteiger partial charge in [-0.25, -0.2) is 18.8 Å². The van der Waals surface area contributed by atoms with Gasteiger partial charge in [0.05, 0.1) is 23.0 Å². The number of fused-ring (bicyclic) bond motifs is 1. The van der Waals surface area contributed by atoms with Gasteiger partial charge in [-0.3, -0.25) is 4.79 Å². The maximum absolute atomic E-state index is 13.7. The summed E-state index contributed by atoms with van der Waals surface area (Å²) in [5.74, 6) is 4.21. The van der Waals surface area contributed by atoms with E-state index in [1.807, 2.05) is 24.1 Å². The molecule has 1 aromatic carbocycles. The molecular weight excluding hydrogens is 474 g/mol. The van der Waals surface area contributed by atoms with Crippen LogP contribution in [0.4, 0.5) is 11.5 Å². The molecule has 2 fully saturated rings. The van der Waals surface area contributed by atoms with Crippen LogP contribution in [-0.2, 0) is 9.89 Å². The van der Waals surface area contributed by atoms with Gasteiger partial charge in [0, 0.05) is 42.5 Å². The molecule has 0 saturated carbocycles. The molecule has 9 nitrogen and oxygen atoms in total. The number of carbonyl (C=O) groups is 1. The molecule has 2 unspecified atom stereocenters. The fourth-order valence-corrected chi connectivity index (χ4v) is 5.36. The number of aryl methyl sites for hydroxylation is 1. The lowest BCUT2D eigenvalue weighted by atomic mass is 9.98. The predicted molar refractivity (Wildman–Crippen MR) is 137 cm³/mol. The number of hydrogen-bond acceptors (Lipinski definition) is 5. The molecule has 34 heavy (non-hydrogen) atoms. The number of carbonyl (C=O) groups excluding carboxylic acids is 1. The quantitative estimate of drug-likeness (QED) is 0.522. The van der Waals surface area contributed by atoms with Crippen molar-refractivity contribution in [1.82, 2.24) is 19.5 Å². The average Bonchev–Trinajstić information content (AvgIpc) is 3.15. The number of hydrogen-bond donors (Lipinski definition) is 2. The van der Waals surface area contributed by atoms with Crippen LogP contribution in [0.2, 0.25) is 5.02 Å². The molecule has 11 heteroatoms. The molecule has 2 atom stereocenters. The van der Waals surface area contributed by atoms with Crippen molar-refractivity contribution in [2.75, 3.05) is 29.3 Å². The summed E-state index contributed by atoms with van der Waals surface area (Å²) in [4.78, 5) is 22.6. The molecule has 0 radical (unpaired) electrons. The first kappa shape index (κ1) is 22.9. The van der Waals surface area contributed by atoms with Crippen LogP contribution in [0.25, 0.3) is 5.65 Å². The van der Waals surface area contributed by atoms with Crippen molar-refractivity contribution < 1.29 is 9.00 Å². The Labute approximate surface area is 204 Å². The lowest BCUT2D eigenvalue weighted by molar-refractivity contribution is 0.0607. The molecule has 0 bridgehead atoms.